The highest BCUT2D eigenvalue weighted by Gasteiger charge is 2.32. The van der Waals surface area contributed by atoms with Crippen LogP contribution in [-0.4, -0.2) is 60.8 Å². The standard InChI is InChI=1S/C20H22ClN3O3S3/c1-13-12-24(19(25)17-11-15(28-4)8-9-18(17)21)20(29-13)22-14-6-5-7-16(10-14)30(26,27)23(2)3/h5-11,13H,12H2,1-4H3. The Labute approximate surface area is 190 Å². The zero-order valence-electron chi connectivity index (χ0n) is 17.0. The monoisotopic (exact) mass is 483 g/mol. The number of aliphatic imine (C=N–C) groups is 1. The highest BCUT2D eigenvalue weighted by atomic mass is 35.5. The molecule has 0 spiro atoms. The summed E-state index contributed by atoms with van der Waals surface area (Å²) in [6, 6.07) is 11.8. The Morgan fingerprint density at radius 1 is 1.27 bits per heavy atom. The first kappa shape index (κ1) is 23.1. The van der Waals surface area contributed by atoms with E-state index in [4.69, 9.17) is 11.6 Å². The van der Waals surface area contributed by atoms with Gasteiger partial charge in [0.2, 0.25) is 10.0 Å². The summed E-state index contributed by atoms with van der Waals surface area (Å²) in [5.41, 5.74) is 0.895. The molecular weight excluding hydrogens is 462 g/mol. The van der Waals surface area contributed by atoms with Gasteiger partial charge in [0.25, 0.3) is 5.91 Å². The van der Waals surface area contributed by atoms with Crippen LogP contribution < -0.4 is 0 Å². The van der Waals surface area contributed by atoms with E-state index in [9.17, 15) is 13.2 Å². The number of benzene rings is 2. The first-order valence-electron chi connectivity index (χ1n) is 9.07. The van der Waals surface area contributed by atoms with Crippen LogP contribution in [0, 0.1) is 0 Å². The van der Waals surface area contributed by atoms with E-state index in [2.05, 4.69) is 4.99 Å². The Hall–Kier alpha value is -1.52. The summed E-state index contributed by atoms with van der Waals surface area (Å²) in [7, 11) is -0.610. The van der Waals surface area contributed by atoms with Crippen LogP contribution in [0.3, 0.4) is 0 Å². The van der Waals surface area contributed by atoms with E-state index in [1.165, 1.54) is 49.8 Å². The van der Waals surface area contributed by atoms with Crippen molar-refractivity contribution in [2.24, 2.45) is 4.99 Å². The average Bonchev–Trinajstić information content (AvgIpc) is 3.08. The van der Waals surface area contributed by atoms with E-state index in [-0.39, 0.29) is 16.1 Å². The quantitative estimate of drug-likeness (QED) is 0.582. The smallest absolute Gasteiger partial charge is 0.261 e. The molecule has 1 unspecified atom stereocenters. The van der Waals surface area contributed by atoms with Gasteiger partial charge in [-0.1, -0.05) is 36.4 Å². The molecule has 1 aliphatic heterocycles. The lowest BCUT2D eigenvalue weighted by Crippen LogP contribution is -2.32. The summed E-state index contributed by atoms with van der Waals surface area (Å²) < 4.78 is 26.0. The third-order valence-electron chi connectivity index (χ3n) is 4.45. The first-order chi connectivity index (χ1) is 14.1. The predicted molar refractivity (Wildman–Crippen MR) is 126 cm³/mol. The van der Waals surface area contributed by atoms with Gasteiger partial charge in [0.05, 0.1) is 21.2 Å². The van der Waals surface area contributed by atoms with Crippen LogP contribution in [0.4, 0.5) is 5.69 Å². The zero-order valence-corrected chi connectivity index (χ0v) is 20.2. The maximum absolute atomic E-state index is 13.2. The number of carbonyl (C=O) groups is 1. The lowest BCUT2D eigenvalue weighted by Gasteiger charge is -2.17. The third kappa shape index (κ3) is 4.86. The first-order valence-corrected chi connectivity index (χ1v) is 13.0. The molecule has 0 aromatic heterocycles. The minimum absolute atomic E-state index is 0.152. The Bertz CT molecular complexity index is 1100. The molecule has 6 nitrogen and oxygen atoms in total. The van der Waals surface area contributed by atoms with Crippen molar-refractivity contribution in [3.8, 4) is 0 Å². The van der Waals surface area contributed by atoms with E-state index < -0.39 is 10.0 Å². The maximum Gasteiger partial charge on any atom is 0.261 e. The van der Waals surface area contributed by atoms with Crippen molar-refractivity contribution >= 4 is 61.9 Å². The number of hydrogen-bond donors (Lipinski definition) is 0. The molecule has 10 heteroatoms. The molecular formula is C20H22ClN3O3S3. The van der Waals surface area contributed by atoms with Gasteiger partial charge in [0.15, 0.2) is 5.17 Å². The maximum atomic E-state index is 13.2. The lowest BCUT2D eigenvalue weighted by atomic mass is 10.2. The number of rotatable bonds is 5. The largest absolute Gasteiger partial charge is 0.286 e. The van der Waals surface area contributed by atoms with E-state index in [0.717, 1.165) is 9.20 Å². The Morgan fingerprint density at radius 2 is 2.00 bits per heavy atom. The minimum Gasteiger partial charge on any atom is -0.286 e. The molecule has 0 N–H and O–H groups in total. The summed E-state index contributed by atoms with van der Waals surface area (Å²) in [5, 5.41) is 1.07. The normalized spacial score (nSPS) is 18.4. The number of sulfonamides is 1. The fourth-order valence-electron chi connectivity index (χ4n) is 2.85. The van der Waals surface area contributed by atoms with Gasteiger partial charge in [-0.3, -0.25) is 9.69 Å². The molecule has 3 rings (SSSR count). The van der Waals surface area contributed by atoms with Gasteiger partial charge in [-0.05, 0) is 42.7 Å². The highest BCUT2D eigenvalue weighted by Crippen LogP contribution is 2.32. The van der Waals surface area contributed by atoms with Crippen LogP contribution in [0.5, 0.6) is 0 Å². The van der Waals surface area contributed by atoms with Crippen LogP contribution in [0.1, 0.15) is 17.3 Å². The molecule has 160 valence electrons. The van der Waals surface area contributed by atoms with Gasteiger partial charge in [0, 0.05) is 30.8 Å². The molecule has 1 aliphatic rings. The van der Waals surface area contributed by atoms with Crippen molar-refractivity contribution in [2.45, 2.75) is 22.0 Å². The van der Waals surface area contributed by atoms with Crippen LogP contribution in [-0.2, 0) is 10.0 Å². The third-order valence-corrected chi connectivity index (χ3v) is 8.39. The summed E-state index contributed by atoms with van der Waals surface area (Å²) in [4.78, 5) is 20.5. The van der Waals surface area contributed by atoms with E-state index >= 15 is 0 Å². The molecule has 1 fully saturated rings. The van der Waals surface area contributed by atoms with Crippen molar-refractivity contribution in [1.29, 1.82) is 0 Å². The summed E-state index contributed by atoms with van der Waals surface area (Å²) in [5.74, 6) is -0.219. The molecule has 1 heterocycles. The van der Waals surface area contributed by atoms with Crippen LogP contribution in [0.2, 0.25) is 5.02 Å². The Morgan fingerprint density at radius 3 is 2.67 bits per heavy atom. The fourth-order valence-corrected chi connectivity index (χ4v) is 5.45. The molecule has 0 aliphatic carbocycles. The van der Waals surface area contributed by atoms with Crippen molar-refractivity contribution in [2.75, 3.05) is 26.9 Å². The number of halogens is 1. The summed E-state index contributed by atoms with van der Waals surface area (Å²) in [6.45, 7) is 2.51. The lowest BCUT2D eigenvalue weighted by molar-refractivity contribution is 0.0855. The number of nitrogens with zero attached hydrogens (tertiary/aromatic N) is 3. The SMILES string of the molecule is CSc1ccc(Cl)c(C(=O)N2CC(C)SC2=Nc2cccc(S(=O)(=O)N(C)C)c2)c1. The average molecular weight is 484 g/mol. The number of hydrogen-bond acceptors (Lipinski definition) is 6. The second-order valence-electron chi connectivity index (χ2n) is 6.87. The molecule has 0 bridgehead atoms. The van der Waals surface area contributed by atoms with Crippen LogP contribution >= 0.6 is 35.1 Å². The van der Waals surface area contributed by atoms with E-state index in [0.29, 0.717) is 28.0 Å². The Balaban J connectivity index is 1.98. The number of thioether (sulfide) groups is 2. The van der Waals surface area contributed by atoms with Gasteiger partial charge in [-0.2, -0.15) is 0 Å². The second-order valence-corrected chi connectivity index (χ2v) is 11.7. The number of amidine groups is 1. The number of amides is 1. The van der Waals surface area contributed by atoms with Gasteiger partial charge in [-0.15, -0.1) is 11.8 Å². The van der Waals surface area contributed by atoms with Gasteiger partial charge >= 0.3 is 0 Å². The van der Waals surface area contributed by atoms with Gasteiger partial charge in [0.1, 0.15) is 0 Å². The molecule has 2 aromatic rings. The molecule has 1 atom stereocenters. The highest BCUT2D eigenvalue weighted by molar-refractivity contribution is 8.14. The minimum atomic E-state index is -3.57. The fraction of sp³-hybridized carbons (Fsp3) is 0.300. The molecule has 2 aromatic carbocycles. The summed E-state index contributed by atoms with van der Waals surface area (Å²) >= 11 is 9.31. The molecule has 0 saturated carbocycles. The Kier molecular flexibility index (Phi) is 7.19. The van der Waals surface area contributed by atoms with E-state index in [1.54, 1.807) is 29.2 Å². The van der Waals surface area contributed by atoms with Gasteiger partial charge < -0.3 is 0 Å². The topological polar surface area (TPSA) is 70.0 Å². The summed E-state index contributed by atoms with van der Waals surface area (Å²) in [6.07, 6.45) is 1.94. The van der Waals surface area contributed by atoms with Crippen LogP contribution in [0.15, 0.2) is 57.2 Å². The van der Waals surface area contributed by atoms with Crippen molar-refractivity contribution < 1.29 is 13.2 Å². The van der Waals surface area contributed by atoms with Crippen molar-refractivity contribution in [3.05, 3.63) is 53.1 Å². The number of carbonyl (C=O) groups excluding carboxylic acids is 1. The second kappa shape index (κ2) is 9.32. The predicted octanol–water partition coefficient (Wildman–Crippen LogP) is 4.58. The van der Waals surface area contributed by atoms with Crippen molar-refractivity contribution in [1.82, 2.24) is 9.21 Å². The molecule has 0 radical (unpaired) electrons. The van der Waals surface area contributed by atoms with E-state index in [1.807, 2.05) is 19.2 Å². The van der Waals surface area contributed by atoms with Gasteiger partial charge in [-0.25, -0.2) is 17.7 Å². The van der Waals surface area contributed by atoms with Crippen LogP contribution in [0.25, 0.3) is 0 Å². The molecule has 1 saturated heterocycles. The molecule has 1 amide bonds. The van der Waals surface area contributed by atoms with Crippen molar-refractivity contribution in [3.63, 3.8) is 0 Å². The molecule has 30 heavy (non-hydrogen) atoms. The zero-order chi connectivity index (χ0) is 22.1.